The molecule has 0 saturated carbocycles. The number of hydrogen-bond acceptors (Lipinski definition) is 3. The second-order valence-corrected chi connectivity index (χ2v) is 3.95. The molecule has 0 unspecified atom stereocenters. The number of aromatic nitrogens is 2. The Balaban J connectivity index is 2.16. The molecule has 0 bridgehead atoms. The normalized spacial score (nSPS) is 10.5. The molecule has 6 nitrogen and oxygen atoms in total. The van der Waals surface area contributed by atoms with E-state index in [0.717, 1.165) is 11.3 Å². The molecule has 0 aliphatic carbocycles. The van der Waals surface area contributed by atoms with Crippen LogP contribution in [-0.2, 0) is 11.2 Å². The molecule has 2 rings (SSSR count). The Morgan fingerprint density at radius 3 is 2.89 bits per heavy atom. The lowest BCUT2D eigenvalue weighted by Gasteiger charge is -1.97. The minimum absolute atomic E-state index is 0.0840. The molecule has 2 aromatic rings. The van der Waals surface area contributed by atoms with E-state index < -0.39 is 5.97 Å². The zero-order chi connectivity index (χ0) is 13.1. The number of carboxylic acid groups (broad SMARTS) is 1. The van der Waals surface area contributed by atoms with Crippen LogP contribution in [0.5, 0.6) is 0 Å². The molecular formula is C12H13N3O3. The van der Waals surface area contributed by atoms with Gasteiger partial charge >= 0.3 is 5.97 Å². The van der Waals surface area contributed by atoms with E-state index in [1.165, 1.54) is 13.0 Å². The van der Waals surface area contributed by atoms with Gasteiger partial charge in [-0.15, -0.1) is 0 Å². The van der Waals surface area contributed by atoms with Crippen molar-refractivity contribution in [3.8, 4) is 0 Å². The van der Waals surface area contributed by atoms with Gasteiger partial charge in [-0.25, -0.2) is 9.78 Å². The number of nitrogens with zero attached hydrogens (tertiary/aromatic N) is 1. The SMILES string of the molecule is CC(=O)NCCc1nc2ccc(C(=O)O)cc2[nH]1. The summed E-state index contributed by atoms with van der Waals surface area (Å²) in [7, 11) is 0. The van der Waals surface area contributed by atoms with Crippen LogP contribution in [0.4, 0.5) is 0 Å². The van der Waals surface area contributed by atoms with Crippen molar-refractivity contribution in [1.29, 1.82) is 0 Å². The Morgan fingerprint density at radius 2 is 2.22 bits per heavy atom. The highest BCUT2D eigenvalue weighted by atomic mass is 16.4. The topological polar surface area (TPSA) is 95.1 Å². The van der Waals surface area contributed by atoms with E-state index in [9.17, 15) is 9.59 Å². The van der Waals surface area contributed by atoms with Crippen LogP contribution in [0.1, 0.15) is 23.1 Å². The van der Waals surface area contributed by atoms with E-state index in [1.54, 1.807) is 12.1 Å². The standard InChI is InChI=1S/C12H13N3O3/c1-7(16)13-5-4-11-14-9-3-2-8(12(17)18)6-10(9)15-11/h2-3,6H,4-5H2,1H3,(H,13,16)(H,14,15)(H,17,18). The molecule has 0 radical (unpaired) electrons. The Bertz CT molecular complexity index is 604. The van der Waals surface area contributed by atoms with Gasteiger partial charge in [-0.1, -0.05) is 0 Å². The first-order chi connectivity index (χ1) is 8.56. The number of amides is 1. The van der Waals surface area contributed by atoms with Crippen LogP contribution in [0.2, 0.25) is 0 Å². The number of hydrogen-bond donors (Lipinski definition) is 3. The molecule has 0 fully saturated rings. The summed E-state index contributed by atoms with van der Waals surface area (Å²) < 4.78 is 0. The van der Waals surface area contributed by atoms with E-state index in [1.807, 2.05) is 0 Å². The maximum atomic E-state index is 10.8. The van der Waals surface area contributed by atoms with Crippen LogP contribution in [0.3, 0.4) is 0 Å². The van der Waals surface area contributed by atoms with Gasteiger partial charge in [0.15, 0.2) is 0 Å². The van der Waals surface area contributed by atoms with Crippen LogP contribution >= 0.6 is 0 Å². The maximum Gasteiger partial charge on any atom is 0.335 e. The number of carbonyl (C=O) groups excluding carboxylic acids is 1. The summed E-state index contributed by atoms with van der Waals surface area (Å²) in [6.45, 7) is 1.96. The molecule has 6 heteroatoms. The third-order valence-corrected chi connectivity index (χ3v) is 2.51. The van der Waals surface area contributed by atoms with Gasteiger partial charge in [-0.2, -0.15) is 0 Å². The molecular weight excluding hydrogens is 234 g/mol. The first-order valence-corrected chi connectivity index (χ1v) is 5.52. The molecule has 1 amide bonds. The van der Waals surface area contributed by atoms with E-state index >= 15 is 0 Å². The molecule has 1 aromatic carbocycles. The molecule has 1 aromatic heterocycles. The van der Waals surface area contributed by atoms with E-state index in [-0.39, 0.29) is 11.5 Å². The average Bonchev–Trinajstić information content (AvgIpc) is 2.69. The molecule has 94 valence electrons. The number of carbonyl (C=O) groups is 2. The Morgan fingerprint density at radius 1 is 1.44 bits per heavy atom. The maximum absolute atomic E-state index is 10.8. The second kappa shape index (κ2) is 4.87. The summed E-state index contributed by atoms with van der Waals surface area (Å²) in [4.78, 5) is 28.9. The Hall–Kier alpha value is -2.37. The van der Waals surface area contributed by atoms with Gasteiger partial charge in [-0.3, -0.25) is 4.79 Å². The van der Waals surface area contributed by atoms with Crippen LogP contribution in [0.25, 0.3) is 11.0 Å². The number of fused-ring (bicyclic) bond motifs is 1. The van der Waals surface area contributed by atoms with Gasteiger partial charge in [0.2, 0.25) is 5.91 Å². The monoisotopic (exact) mass is 247 g/mol. The molecule has 18 heavy (non-hydrogen) atoms. The fourth-order valence-electron chi connectivity index (χ4n) is 1.67. The van der Waals surface area contributed by atoms with E-state index in [4.69, 9.17) is 5.11 Å². The van der Waals surface area contributed by atoms with Gasteiger partial charge in [-0.05, 0) is 18.2 Å². The van der Waals surface area contributed by atoms with Crippen LogP contribution in [-0.4, -0.2) is 33.5 Å². The minimum atomic E-state index is -0.966. The minimum Gasteiger partial charge on any atom is -0.478 e. The highest BCUT2D eigenvalue weighted by Crippen LogP contribution is 2.14. The summed E-state index contributed by atoms with van der Waals surface area (Å²) in [5, 5.41) is 11.5. The Kier molecular flexibility index (Phi) is 3.27. The number of benzene rings is 1. The quantitative estimate of drug-likeness (QED) is 0.749. The van der Waals surface area contributed by atoms with Crippen molar-refractivity contribution in [2.75, 3.05) is 6.54 Å². The van der Waals surface area contributed by atoms with Crippen molar-refractivity contribution in [3.63, 3.8) is 0 Å². The number of carboxylic acids is 1. The van der Waals surface area contributed by atoms with Crippen LogP contribution < -0.4 is 5.32 Å². The van der Waals surface area contributed by atoms with Gasteiger partial charge in [0.05, 0.1) is 16.6 Å². The van der Waals surface area contributed by atoms with Crippen LogP contribution in [0.15, 0.2) is 18.2 Å². The zero-order valence-corrected chi connectivity index (χ0v) is 9.86. The highest BCUT2D eigenvalue weighted by molar-refractivity contribution is 5.92. The molecule has 0 aliphatic heterocycles. The predicted octanol–water partition coefficient (Wildman–Crippen LogP) is 0.940. The third kappa shape index (κ3) is 2.65. The highest BCUT2D eigenvalue weighted by Gasteiger charge is 2.07. The molecule has 0 atom stereocenters. The largest absolute Gasteiger partial charge is 0.478 e. The fourth-order valence-corrected chi connectivity index (χ4v) is 1.67. The van der Waals surface area contributed by atoms with Gasteiger partial charge < -0.3 is 15.4 Å². The molecule has 3 N–H and O–H groups in total. The molecule has 0 aliphatic rings. The van der Waals surface area contributed by atoms with Crippen molar-refractivity contribution < 1.29 is 14.7 Å². The van der Waals surface area contributed by atoms with Gasteiger partial charge in [0.1, 0.15) is 5.82 Å². The van der Waals surface area contributed by atoms with Crippen molar-refractivity contribution in [2.45, 2.75) is 13.3 Å². The number of imidazole rings is 1. The Labute approximate surface area is 103 Å². The summed E-state index contributed by atoms with van der Waals surface area (Å²) in [5.74, 6) is -0.327. The van der Waals surface area contributed by atoms with Gasteiger partial charge in [0, 0.05) is 19.9 Å². The summed E-state index contributed by atoms with van der Waals surface area (Å²) in [6.07, 6.45) is 0.580. The number of aromatic carboxylic acids is 1. The second-order valence-electron chi connectivity index (χ2n) is 3.95. The number of H-pyrrole nitrogens is 1. The number of aromatic amines is 1. The molecule has 1 heterocycles. The number of nitrogens with one attached hydrogen (secondary N) is 2. The van der Waals surface area contributed by atoms with E-state index in [0.29, 0.717) is 18.5 Å². The fraction of sp³-hybridized carbons (Fsp3) is 0.250. The number of rotatable bonds is 4. The van der Waals surface area contributed by atoms with Crippen molar-refractivity contribution >= 4 is 22.9 Å². The first-order valence-electron chi connectivity index (χ1n) is 5.52. The van der Waals surface area contributed by atoms with Gasteiger partial charge in [0.25, 0.3) is 0 Å². The predicted molar refractivity (Wildman–Crippen MR) is 65.4 cm³/mol. The molecule has 0 saturated heterocycles. The van der Waals surface area contributed by atoms with E-state index in [2.05, 4.69) is 15.3 Å². The average molecular weight is 247 g/mol. The first kappa shape index (κ1) is 12.1. The summed E-state index contributed by atoms with van der Waals surface area (Å²) in [5.41, 5.74) is 1.63. The lowest BCUT2D eigenvalue weighted by atomic mass is 10.2. The lowest BCUT2D eigenvalue weighted by molar-refractivity contribution is -0.118. The van der Waals surface area contributed by atoms with Crippen molar-refractivity contribution in [3.05, 3.63) is 29.6 Å². The lowest BCUT2D eigenvalue weighted by Crippen LogP contribution is -2.22. The van der Waals surface area contributed by atoms with Crippen molar-refractivity contribution in [2.24, 2.45) is 0 Å². The zero-order valence-electron chi connectivity index (χ0n) is 9.86. The third-order valence-electron chi connectivity index (χ3n) is 2.51. The molecule has 0 spiro atoms. The smallest absolute Gasteiger partial charge is 0.335 e. The summed E-state index contributed by atoms with van der Waals surface area (Å²) in [6, 6.07) is 4.73. The van der Waals surface area contributed by atoms with Crippen molar-refractivity contribution in [1.82, 2.24) is 15.3 Å². The van der Waals surface area contributed by atoms with Crippen LogP contribution in [0, 0.1) is 0 Å². The summed E-state index contributed by atoms with van der Waals surface area (Å²) >= 11 is 0.